The van der Waals surface area contributed by atoms with Crippen molar-refractivity contribution in [3.05, 3.63) is 12.7 Å². The van der Waals surface area contributed by atoms with Gasteiger partial charge in [-0.1, -0.05) is 19.8 Å². The number of unbranched alkanes of at least 4 members (excludes halogenated alkanes) is 2. The molecule has 0 aliphatic carbocycles. The van der Waals surface area contributed by atoms with Gasteiger partial charge in [0.15, 0.2) is 17.6 Å². The van der Waals surface area contributed by atoms with Gasteiger partial charge in [-0.3, -0.25) is 9.36 Å². The van der Waals surface area contributed by atoms with Crippen LogP contribution in [0.25, 0.3) is 11.2 Å². The second-order valence-electron chi connectivity index (χ2n) is 9.92. The number of hydrogen-bond donors (Lipinski definition) is 2. The van der Waals surface area contributed by atoms with Crippen LogP contribution in [0.15, 0.2) is 12.7 Å². The molecule has 214 valence electrons. The van der Waals surface area contributed by atoms with Crippen LogP contribution in [0.5, 0.6) is 0 Å². The summed E-state index contributed by atoms with van der Waals surface area (Å²) in [5, 5.41) is 2.76. The minimum Gasteiger partial charge on any atom is -0.464 e. The van der Waals surface area contributed by atoms with Gasteiger partial charge in [0.05, 0.1) is 31.7 Å². The number of carbonyl (C=O) groups excluding carboxylic acids is 2. The minimum absolute atomic E-state index is 0.241. The average molecular weight is 557 g/mol. The van der Waals surface area contributed by atoms with Gasteiger partial charge in [-0.15, -0.1) is 0 Å². The third kappa shape index (κ3) is 9.30. The van der Waals surface area contributed by atoms with E-state index in [0.717, 1.165) is 19.3 Å². The van der Waals surface area contributed by atoms with Crippen molar-refractivity contribution in [2.75, 3.05) is 18.7 Å². The predicted octanol–water partition coefficient (Wildman–Crippen LogP) is 3.42. The molecule has 0 aliphatic heterocycles. The van der Waals surface area contributed by atoms with Gasteiger partial charge in [-0.05, 0) is 48.0 Å². The van der Waals surface area contributed by atoms with E-state index >= 15 is 0 Å². The molecule has 0 saturated carbocycles. The Hall–Kier alpha value is -2.60. The Labute approximate surface area is 223 Å². The second kappa shape index (κ2) is 14.0. The average Bonchev–Trinajstić information content (AvgIpc) is 3.23. The molecule has 0 bridgehead atoms. The molecule has 0 aromatic carbocycles. The van der Waals surface area contributed by atoms with E-state index in [4.69, 9.17) is 24.5 Å². The van der Waals surface area contributed by atoms with E-state index in [1.165, 1.54) is 27.1 Å². The van der Waals surface area contributed by atoms with Crippen LogP contribution in [0, 0.1) is 0 Å². The van der Waals surface area contributed by atoms with Crippen molar-refractivity contribution in [3.8, 4) is 0 Å². The van der Waals surface area contributed by atoms with E-state index < -0.39 is 43.6 Å². The fourth-order valence-electron chi connectivity index (χ4n) is 3.45. The van der Waals surface area contributed by atoms with E-state index in [-0.39, 0.29) is 18.5 Å². The summed E-state index contributed by atoms with van der Waals surface area (Å²) in [5.41, 5.74) is 5.45. The summed E-state index contributed by atoms with van der Waals surface area (Å²) in [6.07, 6.45) is 3.08. The summed E-state index contributed by atoms with van der Waals surface area (Å²) in [6.45, 7) is 12.3. The first-order valence-electron chi connectivity index (χ1n) is 12.8. The number of nitrogens with one attached hydrogen (secondary N) is 1. The van der Waals surface area contributed by atoms with Crippen LogP contribution in [0.2, 0.25) is 0 Å². The zero-order chi connectivity index (χ0) is 28.5. The van der Waals surface area contributed by atoms with Crippen LogP contribution in [0.4, 0.5) is 5.82 Å². The van der Waals surface area contributed by atoms with Crippen molar-refractivity contribution in [3.63, 3.8) is 0 Å². The van der Waals surface area contributed by atoms with Crippen molar-refractivity contribution in [2.24, 2.45) is 0 Å². The first-order valence-corrected chi connectivity index (χ1v) is 14.6. The maximum atomic E-state index is 13.9. The number of nitrogens with two attached hydrogens (primary N) is 1. The van der Waals surface area contributed by atoms with E-state index in [0.29, 0.717) is 17.7 Å². The first-order chi connectivity index (χ1) is 17.8. The maximum absolute atomic E-state index is 13.9. The van der Waals surface area contributed by atoms with Gasteiger partial charge in [0.25, 0.3) is 7.52 Å². The Morgan fingerprint density at radius 1 is 1.16 bits per heavy atom. The van der Waals surface area contributed by atoms with Crippen LogP contribution in [0.1, 0.15) is 67.7 Å². The number of fused-ring (bicyclic) bond motifs is 1. The number of carbonyl (C=O) groups is 2. The third-order valence-corrected chi connectivity index (χ3v) is 7.41. The van der Waals surface area contributed by atoms with Gasteiger partial charge in [0.2, 0.25) is 0 Å². The lowest BCUT2D eigenvalue weighted by molar-refractivity contribution is -0.153. The van der Waals surface area contributed by atoms with Crippen molar-refractivity contribution >= 4 is 36.4 Å². The highest BCUT2D eigenvalue weighted by molar-refractivity contribution is 7.56. The van der Waals surface area contributed by atoms with Gasteiger partial charge in [-0.25, -0.2) is 24.8 Å². The molecule has 2 aromatic rings. The lowest BCUT2D eigenvalue weighted by Crippen LogP contribution is -2.48. The number of nitrogen functional groups attached to an aromatic ring is 1. The van der Waals surface area contributed by atoms with Gasteiger partial charge in [0, 0.05) is 0 Å². The molecule has 2 rings (SSSR count). The number of nitrogens with zero attached hydrogens (tertiary/aromatic N) is 4. The molecule has 3 unspecified atom stereocenters. The lowest BCUT2D eigenvalue weighted by atomic mass is 10.1. The lowest BCUT2D eigenvalue weighted by Gasteiger charge is -2.32. The van der Waals surface area contributed by atoms with E-state index in [9.17, 15) is 14.2 Å². The molecular weight excluding hydrogens is 515 g/mol. The van der Waals surface area contributed by atoms with Crippen LogP contribution in [-0.4, -0.2) is 68.3 Å². The van der Waals surface area contributed by atoms with Crippen LogP contribution in [0.3, 0.4) is 0 Å². The predicted molar refractivity (Wildman–Crippen MR) is 142 cm³/mol. The zero-order valence-electron chi connectivity index (χ0n) is 23.3. The third-order valence-electron chi connectivity index (χ3n) is 5.37. The second-order valence-corrected chi connectivity index (χ2v) is 12.0. The monoisotopic (exact) mass is 556 g/mol. The summed E-state index contributed by atoms with van der Waals surface area (Å²) in [5.74, 6) is -1.02. The summed E-state index contributed by atoms with van der Waals surface area (Å²) in [6, 6.07) is 0. The highest BCUT2D eigenvalue weighted by atomic mass is 31.2. The zero-order valence-corrected chi connectivity index (χ0v) is 24.2. The molecule has 2 heterocycles. The summed E-state index contributed by atoms with van der Waals surface area (Å²) < 4.78 is 37.8. The molecule has 3 atom stereocenters. The van der Waals surface area contributed by atoms with Crippen molar-refractivity contribution < 1.29 is 32.9 Å². The Bertz CT molecular complexity index is 1120. The molecule has 0 spiro atoms. The normalized spacial score (nSPS) is 15.3. The summed E-state index contributed by atoms with van der Waals surface area (Å²) in [7, 11) is -3.94. The molecule has 0 fully saturated rings. The smallest absolute Gasteiger partial charge is 0.335 e. The molecule has 0 saturated heterocycles. The largest absolute Gasteiger partial charge is 0.464 e. The molecule has 0 aliphatic rings. The molecule has 13 nitrogen and oxygen atoms in total. The Balaban J connectivity index is 2.14. The van der Waals surface area contributed by atoms with Gasteiger partial charge in [-0.2, -0.15) is 0 Å². The fourth-order valence-corrected chi connectivity index (χ4v) is 5.62. The molecule has 0 amide bonds. The number of hydrogen-bond acceptors (Lipinski definition) is 11. The van der Waals surface area contributed by atoms with Crippen molar-refractivity contribution in [2.45, 2.75) is 98.1 Å². The Kier molecular flexibility index (Phi) is 11.6. The molecule has 0 radical (unpaired) electrons. The topological polar surface area (TPSA) is 170 Å². The van der Waals surface area contributed by atoms with Crippen LogP contribution >= 0.6 is 7.52 Å². The number of anilines is 1. The molecule has 38 heavy (non-hydrogen) atoms. The fraction of sp³-hybridized carbons (Fsp3) is 0.708. The summed E-state index contributed by atoms with van der Waals surface area (Å²) in [4.78, 5) is 37.5. The molecule has 3 N–H and O–H groups in total. The Morgan fingerprint density at radius 3 is 2.53 bits per heavy atom. The van der Waals surface area contributed by atoms with Crippen LogP contribution < -0.4 is 10.8 Å². The number of rotatable bonds is 16. The quantitative estimate of drug-likeness (QED) is 0.176. The van der Waals surface area contributed by atoms with Gasteiger partial charge >= 0.3 is 11.9 Å². The summed E-state index contributed by atoms with van der Waals surface area (Å²) >= 11 is 0. The molecular formula is C24H41N6O7P. The number of imidazole rings is 1. The maximum Gasteiger partial charge on any atom is 0.335 e. The first kappa shape index (κ1) is 31.6. The van der Waals surface area contributed by atoms with Gasteiger partial charge in [0.1, 0.15) is 23.7 Å². The standard InChI is InChI=1S/C24H41N6O7P/c1-8-9-10-11-34-22(31)18(5)37-38(33,29-24(6,7)23(32)36-16(2)3)15-35-17(4)12-30-14-28-19-20(25)26-13-27-21(19)30/h13-14,16-18H,8-12,15H2,1-7H3,(H,29,33)(H2,25,26,27). The minimum atomic E-state index is -3.94. The van der Waals surface area contributed by atoms with Crippen LogP contribution in [-0.2, 0) is 39.4 Å². The van der Waals surface area contributed by atoms with Crippen molar-refractivity contribution in [1.29, 1.82) is 0 Å². The van der Waals surface area contributed by atoms with E-state index in [1.807, 2.05) is 6.92 Å². The SMILES string of the molecule is CCCCCOC(=O)C(C)OP(=O)(COC(C)Cn1cnc2c(N)ncnc21)NC(C)(C)C(=O)OC(C)C. The Morgan fingerprint density at radius 2 is 1.87 bits per heavy atom. The van der Waals surface area contributed by atoms with Crippen molar-refractivity contribution in [1.82, 2.24) is 24.6 Å². The van der Waals surface area contributed by atoms with E-state index in [2.05, 4.69) is 20.0 Å². The van der Waals surface area contributed by atoms with E-state index in [1.54, 1.807) is 31.7 Å². The molecule has 2 aromatic heterocycles. The highest BCUT2D eigenvalue weighted by Gasteiger charge is 2.41. The highest BCUT2D eigenvalue weighted by Crippen LogP contribution is 2.46. The number of esters is 2. The number of ether oxygens (including phenoxy) is 3. The number of aromatic nitrogens is 4. The molecule has 14 heteroatoms. The van der Waals surface area contributed by atoms with Gasteiger partial charge < -0.3 is 29.0 Å².